The summed E-state index contributed by atoms with van der Waals surface area (Å²) in [6.07, 6.45) is 2.49. The number of carbonyl (C=O) groups excluding carboxylic acids is 1. The number of nitrogens with one attached hydrogen (secondary N) is 2. The van der Waals surface area contributed by atoms with E-state index in [1.807, 2.05) is 49.5 Å². The predicted octanol–water partition coefficient (Wildman–Crippen LogP) is 3.04. The van der Waals surface area contributed by atoms with E-state index in [9.17, 15) is 4.79 Å². The predicted molar refractivity (Wildman–Crippen MR) is 96.4 cm³/mol. The van der Waals surface area contributed by atoms with E-state index in [0.717, 1.165) is 17.2 Å². The third-order valence-corrected chi connectivity index (χ3v) is 4.96. The Kier molecular flexibility index (Phi) is 4.99. The van der Waals surface area contributed by atoms with Crippen molar-refractivity contribution in [2.45, 2.75) is 38.3 Å². The van der Waals surface area contributed by atoms with Gasteiger partial charge in [0.25, 0.3) is 0 Å². The summed E-state index contributed by atoms with van der Waals surface area (Å²) >= 11 is 1.69. The number of pyridine rings is 1. The fourth-order valence-corrected chi connectivity index (χ4v) is 3.41. The van der Waals surface area contributed by atoms with Crippen LogP contribution in [0.5, 0.6) is 0 Å². The zero-order valence-electron chi connectivity index (χ0n) is 14.2. The lowest BCUT2D eigenvalue weighted by atomic mass is 10.2. The molecule has 2 aromatic rings. The monoisotopic (exact) mass is 345 g/mol. The second-order valence-electron chi connectivity index (χ2n) is 6.32. The van der Waals surface area contributed by atoms with Gasteiger partial charge in [0, 0.05) is 25.4 Å². The zero-order valence-corrected chi connectivity index (χ0v) is 15.1. The highest BCUT2D eigenvalue weighted by atomic mass is 32.1. The van der Waals surface area contributed by atoms with Gasteiger partial charge in [0.05, 0.1) is 29.0 Å². The molecular formula is C17H23N5OS. The van der Waals surface area contributed by atoms with Crippen molar-refractivity contribution in [1.82, 2.24) is 20.6 Å². The smallest absolute Gasteiger partial charge is 0.315 e. The fraction of sp³-hybridized carbons (Fsp3) is 0.471. The van der Waals surface area contributed by atoms with Gasteiger partial charge in [-0.25, -0.2) is 14.8 Å². The number of rotatable bonds is 6. The molecule has 7 heteroatoms. The van der Waals surface area contributed by atoms with E-state index in [1.54, 1.807) is 11.3 Å². The molecule has 0 unspecified atom stereocenters. The van der Waals surface area contributed by atoms with Gasteiger partial charge in [-0.05, 0) is 31.9 Å². The molecule has 2 N–H and O–H groups in total. The van der Waals surface area contributed by atoms with Crippen LogP contribution in [0.15, 0.2) is 23.6 Å². The van der Waals surface area contributed by atoms with Crippen LogP contribution < -0.4 is 15.5 Å². The minimum absolute atomic E-state index is 0.102. The molecule has 0 saturated heterocycles. The van der Waals surface area contributed by atoms with Crippen molar-refractivity contribution in [3.05, 3.63) is 40.0 Å². The summed E-state index contributed by atoms with van der Waals surface area (Å²) in [4.78, 5) is 23.1. The SMILES string of the molecule is C[C@H](NC(=O)NCc1cccc(N(C)C)n1)c1csc(C2CC2)n1. The Balaban J connectivity index is 1.50. The summed E-state index contributed by atoms with van der Waals surface area (Å²) in [6.45, 7) is 2.35. The first-order valence-electron chi connectivity index (χ1n) is 8.16. The number of hydrogen-bond acceptors (Lipinski definition) is 5. The molecule has 0 aromatic carbocycles. The average molecular weight is 345 g/mol. The lowest BCUT2D eigenvalue weighted by molar-refractivity contribution is 0.237. The molecule has 128 valence electrons. The van der Waals surface area contributed by atoms with Gasteiger partial charge in [-0.2, -0.15) is 0 Å². The standard InChI is InChI=1S/C17H23N5OS/c1-11(14-10-24-16(21-14)12-7-8-12)19-17(23)18-9-13-5-4-6-15(20-13)22(2)3/h4-6,10-12H,7-9H2,1-3H3,(H2,18,19,23)/t11-/m0/s1. The van der Waals surface area contributed by atoms with Crippen molar-refractivity contribution in [1.29, 1.82) is 0 Å². The molecule has 0 radical (unpaired) electrons. The second-order valence-corrected chi connectivity index (χ2v) is 7.20. The van der Waals surface area contributed by atoms with Crippen LogP contribution in [0.4, 0.5) is 10.6 Å². The maximum absolute atomic E-state index is 12.1. The van der Waals surface area contributed by atoms with Gasteiger partial charge >= 0.3 is 6.03 Å². The summed E-state index contributed by atoms with van der Waals surface area (Å²) in [5.41, 5.74) is 1.76. The largest absolute Gasteiger partial charge is 0.363 e. The molecular weight excluding hydrogens is 322 g/mol. The third kappa shape index (κ3) is 4.23. The summed E-state index contributed by atoms with van der Waals surface area (Å²) in [5, 5.41) is 9.02. The molecule has 1 atom stereocenters. The second kappa shape index (κ2) is 7.17. The lowest BCUT2D eigenvalue weighted by Crippen LogP contribution is -2.37. The van der Waals surface area contributed by atoms with Gasteiger partial charge < -0.3 is 15.5 Å². The normalized spacial score (nSPS) is 15.0. The fourth-order valence-electron chi connectivity index (χ4n) is 2.32. The Morgan fingerprint density at radius 3 is 2.88 bits per heavy atom. The molecule has 1 aliphatic carbocycles. The topological polar surface area (TPSA) is 70.2 Å². The molecule has 2 aromatic heterocycles. The van der Waals surface area contributed by atoms with E-state index < -0.39 is 0 Å². The molecule has 24 heavy (non-hydrogen) atoms. The van der Waals surface area contributed by atoms with Gasteiger partial charge in [0.2, 0.25) is 0 Å². The van der Waals surface area contributed by atoms with Gasteiger partial charge in [-0.1, -0.05) is 6.07 Å². The Morgan fingerprint density at radius 1 is 1.38 bits per heavy atom. The Morgan fingerprint density at radius 2 is 2.17 bits per heavy atom. The van der Waals surface area contributed by atoms with Crippen LogP contribution in [0.2, 0.25) is 0 Å². The van der Waals surface area contributed by atoms with E-state index in [0.29, 0.717) is 12.5 Å². The molecule has 2 heterocycles. The van der Waals surface area contributed by atoms with Crippen LogP contribution in [0, 0.1) is 0 Å². The summed E-state index contributed by atoms with van der Waals surface area (Å²) in [6, 6.07) is 5.47. The van der Waals surface area contributed by atoms with E-state index in [2.05, 4.69) is 20.6 Å². The van der Waals surface area contributed by atoms with Crippen molar-refractivity contribution in [2.75, 3.05) is 19.0 Å². The number of hydrogen-bond donors (Lipinski definition) is 2. The van der Waals surface area contributed by atoms with Crippen LogP contribution in [0.25, 0.3) is 0 Å². The maximum atomic E-state index is 12.1. The van der Waals surface area contributed by atoms with Crippen molar-refractivity contribution in [3.8, 4) is 0 Å². The number of nitrogens with zero attached hydrogens (tertiary/aromatic N) is 3. The highest BCUT2D eigenvalue weighted by molar-refractivity contribution is 7.09. The molecule has 1 saturated carbocycles. The number of urea groups is 1. The van der Waals surface area contributed by atoms with Crippen LogP contribution in [-0.4, -0.2) is 30.1 Å². The number of carbonyl (C=O) groups is 1. The zero-order chi connectivity index (χ0) is 17.1. The molecule has 3 rings (SSSR count). The number of amides is 2. The minimum Gasteiger partial charge on any atom is -0.363 e. The Bertz CT molecular complexity index is 711. The quantitative estimate of drug-likeness (QED) is 0.844. The number of anilines is 1. The highest BCUT2D eigenvalue weighted by Gasteiger charge is 2.27. The highest BCUT2D eigenvalue weighted by Crippen LogP contribution is 2.41. The van der Waals surface area contributed by atoms with Crippen LogP contribution in [-0.2, 0) is 6.54 Å². The van der Waals surface area contributed by atoms with E-state index in [-0.39, 0.29) is 12.1 Å². The van der Waals surface area contributed by atoms with E-state index >= 15 is 0 Å². The molecule has 0 spiro atoms. The first-order valence-corrected chi connectivity index (χ1v) is 9.04. The average Bonchev–Trinajstić information content (AvgIpc) is 3.30. The number of thiazole rings is 1. The van der Waals surface area contributed by atoms with E-state index in [1.165, 1.54) is 17.8 Å². The first-order chi connectivity index (χ1) is 11.5. The number of aromatic nitrogens is 2. The van der Waals surface area contributed by atoms with Crippen LogP contribution >= 0.6 is 11.3 Å². The van der Waals surface area contributed by atoms with E-state index in [4.69, 9.17) is 0 Å². The minimum atomic E-state index is -0.208. The lowest BCUT2D eigenvalue weighted by Gasteiger charge is -2.14. The molecule has 2 amide bonds. The Hall–Kier alpha value is -2.15. The summed E-state index contributed by atoms with van der Waals surface area (Å²) in [7, 11) is 3.88. The summed E-state index contributed by atoms with van der Waals surface area (Å²) in [5.74, 6) is 1.53. The van der Waals surface area contributed by atoms with Crippen molar-refractivity contribution < 1.29 is 4.79 Å². The Labute approximate surface area is 146 Å². The first kappa shape index (κ1) is 16.7. The molecule has 6 nitrogen and oxygen atoms in total. The molecule has 0 bridgehead atoms. The summed E-state index contributed by atoms with van der Waals surface area (Å²) < 4.78 is 0. The molecule has 1 fully saturated rings. The van der Waals surface area contributed by atoms with Crippen LogP contribution in [0.1, 0.15) is 48.1 Å². The van der Waals surface area contributed by atoms with Gasteiger partial charge in [0.1, 0.15) is 5.82 Å². The molecule has 0 aliphatic heterocycles. The van der Waals surface area contributed by atoms with Gasteiger partial charge in [-0.3, -0.25) is 0 Å². The van der Waals surface area contributed by atoms with Crippen LogP contribution in [0.3, 0.4) is 0 Å². The maximum Gasteiger partial charge on any atom is 0.315 e. The van der Waals surface area contributed by atoms with Crippen molar-refractivity contribution in [2.24, 2.45) is 0 Å². The molecule has 1 aliphatic rings. The van der Waals surface area contributed by atoms with Crippen molar-refractivity contribution >= 4 is 23.2 Å². The van der Waals surface area contributed by atoms with Gasteiger partial charge in [-0.15, -0.1) is 11.3 Å². The third-order valence-electron chi connectivity index (χ3n) is 3.94. The van der Waals surface area contributed by atoms with Crippen molar-refractivity contribution in [3.63, 3.8) is 0 Å². The van der Waals surface area contributed by atoms with Gasteiger partial charge in [0.15, 0.2) is 0 Å².